The van der Waals surface area contributed by atoms with Crippen LogP contribution >= 0.6 is 0 Å². The van der Waals surface area contributed by atoms with Gasteiger partial charge in [0.25, 0.3) is 0 Å². The second-order valence-corrected chi connectivity index (χ2v) is 5.51. The lowest BCUT2D eigenvalue weighted by Crippen LogP contribution is -2.26. The number of carbonyl (C=O) groups excluding carboxylic acids is 1. The Kier molecular flexibility index (Phi) is 3.08. The largest absolute Gasteiger partial charge is 0.366 e. The summed E-state index contributed by atoms with van der Waals surface area (Å²) in [6.07, 6.45) is 11.2. The van der Waals surface area contributed by atoms with E-state index in [2.05, 4.69) is 11.4 Å². The summed E-state index contributed by atoms with van der Waals surface area (Å²) in [4.78, 5) is 11.3. The van der Waals surface area contributed by atoms with Crippen LogP contribution < -0.4 is 11.1 Å². The summed E-state index contributed by atoms with van der Waals surface area (Å²) >= 11 is 0. The maximum absolute atomic E-state index is 11.3. The molecule has 0 aromatic heterocycles. The molecule has 96 valence electrons. The van der Waals surface area contributed by atoms with E-state index in [4.69, 9.17) is 5.73 Å². The zero-order valence-electron chi connectivity index (χ0n) is 10.6. The molecule has 0 radical (unpaired) electrons. The molecule has 1 fully saturated rings. The van der Waals surface area contributed by atoms with E-state index in [1.807, 2.05) is 12.2 Å². The number of amides is 1. The van der Waals surface area contributed by atoms with Gasteiger partial charge in [-0.3, -0.25) is 4.79 Å². The minimum absolute atomic E-state index is 0.320. The summed E-state index contributed by atoms with van der Waals surface area (Å²) in [6.45, 7) is 2.01. The van der Waals surface area contributed by atoms with Gasteiger partial charge in [-0.1, -0.05) is 24.1 Å². The van der Waals surface area contributed by atoms with E-state index in [0.717, 1.165) is 13.1 Å². The second kappa shape index (κ2) is 4.73. The average Bonchev–Trinajstić information content (AvgIpc) is 2.57. The zero-order valence-corrected chi connectivity index (χ0v) is 10.6. The van der Waals surface area contributed by atoms with Crippen molar-refractivity contribution in [3.8, 4) is 0 Å². The smallest absolute Gasteiger partial charge is 0.248 e. The highest BCUT2D eigenvalue weighted by Gasteiger charge is 2.28. The van der Waals surface area contributed by atoms with Crippen LogP contribution in [0.2, 0.25) is 0 Å². The summed E-state index contributed by atoms with van der Waals surface area (Å²) in [5, 5.41) is 3.53. The van der Waals surface area contributed by atoms with Crippen molar-refractivity contribution >= 4 is 5.91 Å². The minimum Gasteiger partial charge on any atom is -0.366 e. The summed E-state index contributed by atoms with van der Waals surface area (Å²) in [5.41, 5.74) is 9.08. The molecule has 2 unspecified atom stereocenters. The molecule has 3 heteroatoms. The molecule has 2 aliphatic carbocycles. The fourth-order valence-corrected chi connectivity index (χ4v) is 3.45. The number of allylic oxidation sites excluding steroid dienone is 1. The van der Waals surface area contributed by atoms with E-state index in [0.29, 0.717) is 17.4 Å². The number of primary amides is 1. The maximum Gasteiger partial charge on any atom is 0.248 e. The number of nitrogens with two attached hydrogens (primary N) is 1. The molecule has 0 aromatic carbocycles. The molecule has 1 amide bonds. The molecule has 3 rings (SSSR count). The van der Waals surface area contributed by atoms with Crippen molar-refractivity contribution in [1.29, 1.82) is 0 Å². The number of carbonyl (C=O) groups is 1. The van der Waals surface area contributed by atoms with E-state index < -0.39 is 0 Å². The molecule has 1 heterocycles. The standard InChI is InChI=1S/C15H20N2O/c16-15(18)10-5-6-14-12(7-10)9-17-8-11-3-1-2-4-13(11)14/h5-7,11-12,17H,1-4,8-9H2,(H2,16,18). The summed E-state index contributed by atoms with van der Waals surface area (Å²) in [6, 6.07) is 0. The van der Waals surface area contributed by atoms with Crippen molar-refractivity contribution < 1.29 is 4.79 Å². The molecular formula is C15H20N2O. The van der Waals surface area contributed by atoms with Crippen LogP contribution in [0.4, 0.5) is 0 Å². The van der Waals surface area contributed by atoms with Gasteiger partial charge in [-0.05, 0) is 36.8 Å². The van der Waals surface area contributed by atoms with Crippen LogP contribution in [-0.2, 0) is 4.79 Å². The van der Waals surface area contributed by atoms with Crippen molar-refractivity contribution in [2.24, 2.45) is 17.6 Å². The topological polar surface area (TPSA) is 55.1 Å². The molecular weight excluding hydrogens is 224 g/mol. The van der Waals surface area contributed by atoms with E-state index in [1.165, 1.54) is 31.3 Å². The number of rotatable bonds is 1. The van der Waals surface area contributed by atoms with E-state index in [9.17, 15) is 4.79 Å². The summed E-state index contributed by atoms with van der Waals surface area (Å²) in [7, 11) is 0. The van der Waals surface area contributed by atoms with Gasteiger partial charge in [-0.25, -0.2) is 0 Å². The highest BCUT2D eigenvalue weighted by atomic mass is 16.1. The molecule has 0 aromatic rings. The van der Waals surface area contributed by atoms with Crippen LogP contribution in [0.1, 0.15) is 25.7 Å². The fraction of sp³-hybridized carbons (Fsp3) is 0.533. The first-order valence-electron chi connectivity index (χ1n) is 6.89. The highest BCUT2D eigenvalue weighted by Crippen LogP contribution is 2.37. The monoisotopic (exact) mass is 244 g/mol. The predicted molar refractivity (Wildman–Crippen MR) is 71.8 cm³/mol. The Labute approximate surface area is 108 Å². The van der Waals surface area contributed by atoms with Crippen LogP contribution in [-0.4, -0.2) is 19.0 Å². The average molecular weight is 244 g/mol. The fourth-order valence-electron chi connectivity index (χ4n) is 3.45. The molecule has 2 atom stereocenters. The second-order valence-electron chi connectivity index (χ2n) is 5.51. The minimum atomic E-state index is -0.320. The first kappa shape index (κ1) is 11.7. The first-order chi connectivity index (χ1) is 8.75. The number of fused-ring (bicyclic) bond motifs is 2. The van der Waals surface area contributed by atoms with Gasteiger partial charge in [0, 0.05) is 24.6 Å². The molecule has 3 nitrogen and oxygen atoms in total. The van der Waals surface area contributed by atoms with Gasteiger partial charge in [0.1, 0.15) is 0 Å². The van der Waals surface area contributed by atoms with Gasteiger partial charge in [-0.2, -0.15) is 0 Å². The molecule has 0 spiro atoms. The maximum atomic E-state index is 11.3. The third-order valence-electron chi connectivity index (χ3n) is 4.37. The Morgan fingerprint density at radius 1 is 1.28 bits per heavy atom. The Bertz CT molecular complexity index is 459. The molecule has 3 N–H and O–H groups in total. The molecule has 1 saturated carbocycles. The summed E-state index contributed by atoms with van der Waals surface area (Å²) < 4.78 is 0. The number of nitrogens with one attached hydrogen (secondary N) is 1. The van der Waals surface area contributed by atoms with Gasteiger partial charge in [-0.15, -0.1) is 0 Å². The lowest BCUT2D eigenvalue weighted by atomic mass is 9.78. The van der Waals surface area contributed by atoms with Crippen molar-refractivity contribution in [1.82, 2.24) is 5.32 Å². The van der Waals surface area contributed by atoms with Gasteiger partial charge in [0.2, 0.25) is 5.91 Å². The van der Waals surface area contributed by atoms with Gasteiger partial charge in [0.05, 0.1) is 0 Å². The predicted octanol–water partition coefficient (Wildman–Crippen LogP) is 1.67. The number of hydrogen-bond acceptors (Lipinski definition) is 2. The van der Waals surface area contributed by atoms with Crippen LogP contribution in [0, 0.1) is 11.8 Å². The highest BCUT2D eigenvalue weighted by molar-refractivity contribution is 5.95. The van der Waals surface area contributed by atoms with E-state index in [1.54, 1.807) is 5.57 Å². The molecule has 0 saturated heterocycles. The Morgan fingerprint density at radius 2 is 2.17 bits per heavy atom. The third-order valence-corrected chi connectivity index (χ3v) is 4.37. The molecule has 0 bridgehead atoms. The lowest BCUT2D eigenvalue weighted by molar-refractivity contribution is -0.114. The van der Waals surface area contributed by atoms with Gasteiger partial charge >= 0.3 is 0 Å². The van der Waals surface area contributed by atoms with Crippen molar-refractivity contribution in [3.05, 3.63) is 34.9 Å². The van der Waals surface area contributed by atoms with Crippen molar-refractivity contribution in [2.75, 3.05) is 13.1 Å². The first-order valence-corrected chi connectivity index (χ1v) is 6.89. The zero-order chi connectivity index (χ0) is 12.5. The normalized spacial score (nSPS) is 31.2. The van der Waals surface area contributed by atoms with Crippen LogP contribution in [0.25, 0.3) is 0 Å². The Morgan fingerprint density at radius 3 is 3.00 bits per heavy atom. The van der Waals surface area contributed by atoms with Gasteiger partial charge in [0.15, 0.2) is 0 Å². The van der Waals surface area contributed by atoms with Crippen molar-refractivity contribution in [3.63, 3.8) is 0 Å². The number of hydrogen-bond donors (Lipinski definition) is 2. The molecule has 3 aliphatic rings. The van der Waals surface area contributed by atoms with Crippen LogP contribution in [0.3, 0.4) is 0 Å². The quantitative estimate of drug-likeness (QED) is 0.737. The van der Waals surface area contributed by atoms with Crippen LogP contribution in [0.15, 0.2) is 34.9 Å². The lowest BCUT2D eigenvalue weighted by Gasteiger charge is -2.27. The Balaban J connectivity index is 1.97. The molecule has 1 aliphatic heterocycles. The molecule has 18 heavy (non-hydrogen) atoms. The third kappa shape index (κ3) is 2.03. The van der Waals surface area contributed by atoms with Gasteiger partial charge < -0.3 is 11.1 Å². The summed E-state index contributed by atoms with van der Waals surface area (Å²) in [5.74, 6) is 0.710. The van der Waals surface area contributed by atoms with Crippen molar-refractivity contribution in [2.45, 2.75) is 25.7 Å². The van der Waals surface area contributed by atoms with Crippen LogP contribution in [0.5, 0.6) is 0 Å². The SMILES string of the molecule is NC(=O)C1=CC2CNCC3CCCCC3=C2C=C1. The Hall–Kier alpha value is -1.35. The van der Waals surface area contributed by atoms with E-state index >= 15 is 0 Å². The van der Waals surface area contributed by atoms with E-state index in [-0.39, 0.29) is 5.91 Å².